The van der Waals surface area contributed by atoms with Gasteiger partial charge in [0.1, 0.15) is 12.4 Å². The molecule has 0 atom stereocenters. The van der Waals surface area contributed by atoms with E-state index in [1.807, 2.05) is 0 Å². The molecule has 1 saturated heterocycles. The number of hydrogen-bond donors (Lipinski definition) is 0. The largest absolute Gasteiger partial charge is 0.468 e. The van der Waals surface area contributed by atoms with E-state index in [0.29, 0.717) is 45.2 Å². The number of methoxy groups -OCH3 is 1. The van der Waals surface area contributed by atoms with E-state index >= 15 is 0 Å². The van der Waals surface area contributed by atoms with Crippen molar-refractivity contribution in [2.45, 2.75) is 20.0 Å². The van der Waals surface area contributed by atoms with Gasteiger partial charge in [0.25, 0.3) is 5.56 Å². The Morgan fingerprint density at radius 1 is 1.07 bits per heavy atom. The molecule has 2 aromatic heterocycles. The van der Waals surface area contributed by atoms with E-state index in [-0.39, 0.29) is 23.8 Å². The summed E-state index contributed by atoms with van der Waals surface area (Å²) in [7, 11) is 4.18. The highest BCUT2D eigenvalue weighted by molar-refractivity contribution is 5.76. The first-order valence-electron chi connectivity index (χ1n) is 9.64. The minimum Gasteiger partial charge on any atom is -0.468 e. The molecule has 0 spiro atoms. The molecule has 30 heavy (non-hydrogen) atoms. The molecule has 0 radical (unpaired) electrons. The van der Waals surface area contributed by atoms with Crippen LogP contribution in [0.5, 0.6) is 0 Å². The summed E-state index contributed by atoms with van der Waals surface area (Å²) in [6, 6.07) is 0. The van der Waals surface area contributed by atoms with Crippen molar-refractivity contribution in [1.29, 1.82) is 0 Å². The van der Waals surface area contributed by atoms with E-state index in [9.17, 15) is 19.2 Å². The Kier molecular flexibility index (Phi) is 6.25. The lowest BCUT2D eigenvalue weighted by atomic mass is 10.3. The van der Waals surface area contributed by atoms with Crippen LogP contribution in [-0.4, -0.2) is 80.4 Å². The van der Waals surface area contributed by atoms with Crippen LogP contribution in [0.25, 0.3) is 11.2 Å². The maximum Gasteiger partial charge on any atom is 0.409 e. The van der Waals surface area contributed by atoms with Gasteiger partial charge < -0.3 is 18.9 Å². The number of nitrogens with zero attached hydrogens (tertiary/aromatic N) is 6. The quantitative estimate of drug-likeness (QED) is 0.556. The maximum absolute atomic E-state index is 12.7. The van der Waals surface area contributed by atoms with Gasteiger partial charge >= 0.3 is 17.8 Å². The van der Waals surface area contributed by atoms with Gasteiger partial charge in [-0.1, -0.05) is 0 Å². The van der Waals surface area contributed by atoms with Crippen molar-refractivity contribution in [3.05, 3.63) is 26.7 Å². The lowest BCUT2D eigenvalue weighted by molar-refractivity contribution is -0.141. The molecular formula is C18H26N6O6. The van der Waals surface area contributed by atoms with Gasteiger partial charge in [0.15, 0.2) is 11.2 Å². The molecule has 1 aliphatic heterocycles. The third-order valence-corrected chi connectivity index (χ3v) is 5.21. The zero-order valence-electron chi connectivity index (χ0n) is 17.6. The molecule has 1 aliphatic rings. The molecule has 1 fully saturated rings. The third kappa shape index (κ3) is 3.95. The Morgan fingerprint density at radius 2 is 1.73 bits per heavy atom. The highest BCUT2D eigenvalue weighted by Gasteiger charge is 2.26. The number of amides is 1. The highest BCUT2D eigenvalue weighted by atomic mass is 16.6. The van der Waals surface area contributed by atoms with Crippen molar-refractivity contribution in [2.24, 2.45) is 14.1 Å². The standard InChI is InChI=1S/C18H26N6O6/c1-5-30-18(28)23-8-6-22(7-9-23)10-12-19-15-14(24(12)11-13(25)29-4)16(26)21(3)17(27)20(15)2/h5-11H2,1-4H3. The molecule has 0 N–H and O–H groups in total. The summed E-state index contributed by atoms with van der Waals surface area (Å²) in [5.41, 5.74) is -0.634. The topological polar surface area (TPSA) is 121 Å². The molecule has 164 valence electrons. The van der Waals surface area contributed by atoms with Crippen molar-refractivity contribution in [3.8, 4) is 0 Å². The first-order chi connectivity index (χ1) is 14.3. The van der Waals surface area contributed by atoms with Crippen LogP contribution >= 0.6 is 0 Å². The average Bonchev–Trinajstić information content (AvgIpc) is 3.09. The van der Waals surface area contributed by atoms with Crippen LogP contribution in [0.2, 0.25) is 0 Å². The number of aromatic nitrogens is 4. The summed E-state index contributed by atoms with van der Waals surface area (Å²) in [6.07, 6.45) is -0.339. The van der Waals surface area contributed by atoms with E-state index < -0.39 is 17.2 Å². The van der Waals surface area contributed by atoms with Gasteiger partial charge in [0.05, 0.1) is 20.3 Å². The molecule has 12 nitrogen and oxygen atoms in total. The van der Waals surface area contributed by atoms with Gasteiger partial charge in [-0.3, -0.25) is 23.6 Å². The molecule has 0 bridgehead atoms. The number of ether oxygens (including phenoxy) is 2. The summed E-state index contributed by atoms with van der Waals surface area (Å²) in [5, 5.41) is 0. The van der Waals surface area contributed by atoms with Crippen LogP contribution in [0.1, 0.15) is 12.7 Å². The summed E-state index contributed by atoms with van der Waals surface area (Å²) in [4.78, 5) is 57.1. The first kappa shape index (κ1) is 21.6. The zero-order valence-corrected chi connectivity index (χ0v) is 17.6. The van der Waals surface area contributed by atoms with Crippen molar-refractivity contribution in [2.75, 3.05) is 39.9 Å². The SMILES string of the molecule is CCOC(=O)N1CCN(Cc2nc3c(c(=O)n(C)c(=O)n3C)n2CC(=O)OC)CC1. The van der Waals surface area contributed by atoms with Crippen molar-refractivity contribution in [3.63, 3.8) is 0 Å². The van der Waals surface area contributed by atoms with Gasteiger partial charge in [-0.25, -0.2) is 14.6 Å². The second-order valence-corrected chi connectivity index (χ2v) is 7.03. The molecule has 0 unspecified atom stereocenters. The number of carbonyl (C=O) groups is 2. The Balaban J connectivity index is 1.93. The maximum atomic E-state index is 12.7. The van der Waals surface area contributed by atoms with Crippen LogP contribution < -0.4 is 11.2 Å². The van der Waals surface area contributed by atoms with E-state index in [4.69, 9.17) is 9.47 Å². The number of carbonyl (C=O) groups excluding carboxylic acids is 2. The predicted octanol–water partition coefficient (Wildman–Crippen LogP) is -1.12. The van der Waals surface area contributed by atoms with Crippen LogP contribution in [0, 0.1) is 0 Å². The lowest BCUT2D eigenvalue weighted by Crippen LogP contribution is -2.48. The first-order valence-corrected chi connectivity index (χ1v) is 9.64. The predicted molar refractivity (Wildman–Crippen MR) is 106 cm³/mol. The van der Waals surface area contributed by atoms with E-state index in [1.54, 1.807) is 11.8 Å². The summed E-state index contributed by atoms with van der Waals surface area (Å²) in [5.74, 6) is -0.0585. The fourth-order valence-corrected chi connectivity index (χ4v) is 3.48. The summed E-state index contributed by atoms with van der Waals surface area (Å²) in [6.45, 7) is 4.39. The van der Waals surface area contributed by atoms with Crippen LogP contribution in [0.3, 0.4) is 0 Å². The van der Waals surface area contributed by atoms with Crippen molar-refractivity contribution in [1.82, 2.24) is 28.5 Å². The molecule has 1 amide bonds. The fraction of sp³-hybridized carbons (Fsp3) is 0.611. The fourth-order valence-electron chi connectivity index (χ4n) is 3.48. The Morgan fingerprint density at radius 3 is 2.33 bits per heavy atom. The Hall–Kier alpha value is -3.15. The highest BCUT2D eigenvalue weighted by Crippen LogP contribution is 2.15. The number of esters is 1. The van der Waals surface area contributed by atoms with E-state index in [2.05, 4.69) is 9.88 Å². The van der Waals surface area contributed by atoms with Gasteiger partial charge in [-0.05, 0) is 6.92 Å². The number of imidazole rings is 1. The van der Waals surface area contributed by atoms with Crippen molar-refractivity contribution >= 4 is 23.2 Å². The number of fused-ring (bicyclic) bond motifs is 1. The van der Waals surface area contributed by atoms with Gasteiger partial charge in [0, 0.05) is 40.3 Å². The van der Waals surface area contributed by atoms with E-state index in [1.165, 1.54) is 30.3 Å². The second kappa shape index (κ2) is 8.69. The van der Waals surface area contributed by atoms with Gasteiger partial charge in [-0.2, -0.15) is 0 Å². The Labute approximate surface area is 172 Å². The van der Waals surface area contributed by atoms with E-state index in [0.717, 1.165) is 4.57 Å². The van der Waals surface area contributed by atoms with Crippen molar-refractivity contribution < 1.29 is 19.1 Å². The molecular weight excluding hydrogens is 396 g/mol. The molecule has 0 aromatic carbocycles. The molecule has 0 saturated carbocycles. The molecule has 3 heterocycles. The summed E-state index contributed by atoms with van der Waals surface area (Å²) < 4.78 is 13.6. The minimum atomic E-state index is -0.529. The second-order valence-electron chi connectivity index (χ2n) is 7.03. The van der Waals surface area contributed by atoms with Crippen LogP contribution in [0.4, 0.5) is 4.79 Å². The zero-order chi connectivity index (χ0) is 22.0. The molecule has 12 heteroatoms. The minimum absolute atomic E-state index is 0.171. The van der Waals surface area contributed by atoms with Gasteiger partial charge in [-0.15, -0.1) is 0 Å². The number of piperazine rings is 1. The number of hydrogen-bond acceptors (Lipinski definition) is 8. The molecule has 3 rings (SSSR count). The molecule has 2 aromatic rings. The monoisotopic (exact) mass is 422 g/mol. The normalized spacial score (nSPS) is 14.9. The van der Waals surface area contributed by atoms with Gasteiger partial charge in [0.2, 0.25) is 0 Å². The summed E-state index contributed by atoms with van der Waals surface area (Å²) >= 11 is 0. The number of rotatable bonds is 5. The smallest absolute Gasteiger partial charge is 0.409 e. The third-order valence-electron chi connectivity index (χ3n) is 5.21. The lowest BCUT2D eigenvalue weighted by Gasteiger charge is -2.33. The number of aryl methyl sites for hydroxylation is 1. The van der Waals surface area contributed by atoms with Crippen LogP contribution in [0.15, 0.2) is 9.59 Å². The van der Waals surface area contributed by atoms with Crippen LogP contribution in [-0.2, 0) is 41.5 Å². The average molecular weight is 422 g/mol. The Bertz CT molecular complexity index is 1080. The molecule has 0 aliphatic carbocycles.